The topological polar surface area (TPSA) is 88.6 Å². The van der Waals surface area contributed by atoms with Gasteiger partial charge in [-0.15, -0.1) is 0 Å². The number of amides is 1. The van der Waals surface area contributed by atoms with Crippen LogP contribution in [-0.4, -0.2) is 42.7 Å². The number of rotatable bonds is 6. The minimum atomic E-state index is -3.86. The molecule has 2 heterocycles. The number of piperidine rings is 1. The van der Waals surface area contributed by atoms with Gasteiger partial charge in [-0.2, -0.15) is 8.68 Å². The van der Waals surface area contributed by atoms with Crippen LogP contribution >= 0.6 is 23.1 Å². The van der Waals surface area contributed by atoms with Crippen LogP contribution in [0.15, 0.2) is 47.5 Å². The van der Waals surface area contributed by atoms with Gasteiger partial charge in [-0.3, -0.25) is 4.79 Å². The van der Waals surface area contributed by atoms with E-state index in [2.05, 4.69) is 9.69 Å². The predicted octanol–water partition coefficient (Wildman–Crippen LogP) is 4.39. The molecule has 0 radical (unpaired) electrons. The van der Waals surface area contributed by atoms with Gasteiger partial charge in [0.25, 0.3) is 0 Å². The Labute approximate surface area is 190 Å². The second kappa shape index (κ2) is 9.12. The van der Waals surface area contributed by atoms with Crippen molar-refractivity contribution in [2.24, 2.45) is 5.92 Å². The van der Waals surface area contributed by atoms with E-state index in [1.807, 2.05) is 18.2 Å². The number of sulfonamides is 1. The van der Waals surface area contributed by atoms with Crippen LogP contribution in [0, 0.1) is 5.92 Å². The van der Waals surface area contributed by atoms with Gasteiger partial charge in [0, 0.05) is 35.4 Å². The van der Waals surface area contributed by atoms with Gasteiger partial charge in [-0.1, -0.05) is 11.6 Å². The van der Waals surface area contributed by atoms with E-state index in [-0.39, 0.29) is 23.1 Å². The average Bonchev–Trinajstić information content (AvgIpc) is 3.23. The van der Waals surface area contributed by atoms with Crippen molar-refractivity contribution in [3.05, 3.63) is 47.6 Å². The fraction of sp³-hybridized carbons (Fsp3) is 0.333. The molecule has 31 heavy (non-hydrogen) atoms. The molecule has 1 atom stereocenters. The summed E-state index contributed by atoms with van der Waals surface area (Å²) >= 11 is 7.45. The van der Waals surface area contributed by atoms with Crippen molar-refractivity contribution >= 4 is 54.8 Å². The first kappa shape index (κ1) is 22.0. The third-order valence-electron chi connectivity index (χ3n) is 5.20. The molecule has 0 saturated carbocycles. The third kappa shape index (κ3) is 4.69. The molecular weight excluding hydrogens is 458 g/mol. The van der Waals surface area contributed by atoms with Gasteiger partial charge < -0.3 is 10.1 Å². The molecule has 1 amide bonds. The van der Waals surface area contributed by atoms with Crippen LogP contribution in [0.5, 0.6) is 5.75 Å². The number of benzene rings is 2. The van der Waals surface area contributed by atoms with Crippen molar-refractivity contribution in [3.8, 4) is 5.75 Å². The Hall–Kier alpha value is -2.20. The summed E-state index contributed by atoms with van der Waals surface area (Å²) in [6, 6.07) is 10.2. The molecule has 0 unspecified atom stereocenters. The van der Waals surface area contributed by atoms with Gasteiger partial charge in [0.05, 0.1) is 17.2 Å². The summed E-state index contributed by atoms with van der Waals surface area (Å²) in [5, 5.41) is 4.19. The molecule has 2 aromatic carbocycles. The molecule has 1 fully saturated rings. The molecule has 7 nitrogen and oxygen atoms in total. The lowest BCUT2D eigenvalue weighted by Crippen LogP contribution is -2.43. The second-order valence-corrected chi connectivity index (χ2v) is 10.5. The number of ether oxygens (including phenoxy) is 1. The SMILES string of the molecule is CCOc1ccc(Cl)cc1S(=O)(=O)N1CCC[C@@H](C(=O)Nc2ccc3sncc3c2)C1. The van der Waals surface area contributed by atoms with E-state index in [4.69, 9.17) is 16.3 Å². The van der Waals surface area contributed by atoms with Crippen molar-refractivity contribution in [3.63, 3.8) is 0 Å². The maximum absolute atomic E-state index is 13.3. The minimum absolute atomic E-state index is 0.0262. The number of aromatic nitrogens is 1. The van der Waals surface area contributed by atoms with Crippen molar-refractivity contribution in [1.82, 2.24) is 8.68 Å². The monoisotopic (exact) mass is 479 g/mol. The molecule has 3 aromatic rings. The van der Waals surface area contributed by atoms with Crippen molar-refractivity contribution in [1.29, 1.82) is 0 Å². The lowest BCUT2D eigenvalue weighted by molar-refractivity contribution is -0.120. The van der Waals surface area contributed by atoms with Crippen LogP contribution < -0.4 is 10.1 Å². The van der Waals surface area contributed by atoms with Crippen LogP contribution in [0.25, 0.3) is 10.1 Å². The number of nitrogens with one attached hydrogen (secondary N) is 1. The van der Waals surface area contributed by atoms with Crippen molar-refractivity contribution < 1.29 is 17.9 Å². The molecule has 164 valence electrons. The number of hydrogen-bond donors (Lipinski definition) is 1. The zero-order chi connectivity index (χ0) is 22.0. The number of carbonyl (C=O) groups is 1. The van der Waals surface area contributed by atoms with Crippen LogP contribution in [-0.2, 0) is 14.8 Å². The fourth-order valence-corrected chi connectivity index (χ4v) is 6.21. The first-order chi connectivity index (χ1) is 14.9. The second-order valence-electron chi connectivity index (χ2n) is 7.29. The summed E-state index contributed by atoms with van der Waals surface area (Å²) in [4.78, 5) is 12.9. The Morgan fingerprint density at radius 1 is 1.32 bits per heavy atom. The molecule has 1 N–H and O–H groups in total. The van der Waals surface area contributed by atoms with Crippen LogP contribution in [0.3, 0.4) is 0 Å². The minimum Gasteiger partial charge on any atom is -0.492 e. The normalized spacial score (nSPS) is 17.5. The molecule has 0 spiro atoms. The Morgan fingerprint density at radius 3 is 2.97 bits per heavy atom. The van der Waals surface area contributed by atoms with E-state index in [0.29, 0.717) is 36.7 Å². The summed E-state index contributed by atoms with van der Waals surface area (Å²) in [5.41, 5.74) is 0.672. The largest absolute Gasteiger partial charge is 0.492 e. The van der Waals surface area contributed by atoms with Crippen LogP contribution in [0.4, 0.5) is 5.69 Å². The first-order valence-electron chi connectivity index (χ1n) is 9.96. The van der Waals surface area contributed by atoms with Gasteiger partial charge in [0.15, 0.2) is 0 Å². The van der Waals surface area contributed by atoms with E-state index in [1.54, 1.807) is 25.3 Å². The maximum atomic E-state index is 13.3. The van der Waals surface area contributed by atoms with E-state index < -0.39 is 15.9 Å². The van der Waals surface area contributed by atoms with E-state index in [1.165, 1.54) is 21.9 Å². The highest BCUT2D eigenvalue weighted by Gasteiger charge is 2.35. The van der Waals surface area contributed by atoms with Crippen molar-refractivity contribution in [2.45, 2.75) is 24.7 Å². The van der Waals surface area contributed by atoms with Gasteiger partial charge in [-0.05, 0) is 67.7 Å². The third-order valence-corrected chi connectivity index (χ3v) is 8.10. The highest BCUT2D eigenvalue weighted by Crippen LogP contribution is 2.32. The molecule has 10 heteroatoms. The summed E-state index contributed by atoms with van der Waals surface area (Å²) in [7, 11) is -3.86. The van der Waals surface area contributed by atoms with Crippen LogP contribution in [0.2, 0.25) is 5.02 Å². The lowest BCUT2D eigenvalue weighted by Gasteiger charge is -2.31. The number of carbonyl (C=O) groups excluding carboxylic acids is 1. The molecular formula is C21H22ClN3O4S2. The zero-order valence-corrected chi connectivity index (χ0v) is 19.3. The predicted molar refractivity (Wildman–Crippen MR) is 122 cm³/mol. The first-order valence-corrected chi connectivity index (χ1v) is 12.6. The molecule has 0 aliphatic carbocycles. The quantitative estimate of drug-likeness (QED) is 0.566. The highest BCUT2D eigenvalue weighted by atomic mass is 35.5. The highest BCUT2D eigenvalue weighted by molar-refractivity contribution is 7.89. The fourth-order valence-electron chi connectivity index (χ4n) is 3.67. The zero-order valence-electron chi connectivity index (χ0n) is 16.9. The summed E-state index contributed by atoms with van der Waals surface area (Å²) in [6.45, 7) is 2.57. The standard InChI is InChI=1S/C21H22ClN3O4S2/c1-2-29-18-7-5-16(22)11-20(18)31(27,28)25-9-3-4-14(13-25)21(26)24-17-6-8-19-15(10-17)12-23-30-19/h5-8,10-12,14H,2-4,9,13H2,1H3,(H,24,26)/t14-/m1/s1. The van der Waals surface area contributed by atoms with Crippen LogP contribution in [0.1, 0.15) is 19.8 Å². The van der Waals surface area contributed by atoms with E-state index in [0.717, 1.165) is 10.1 Å². The Kier molecular flexibility index (Phi) is 6.47. The number of nitrogens with zero attached hydrogens (tertiary/aromatic N) is 2. The number of halogens is 1. The number of fused-ring (bicyclic) bond motifs is 1. The smallest absolute Gasteiger partial charge is 0.246 e. The number of hydrogen-bond acceptors (Lipinski definition) is 6. The molecule has 1 aromatic heterocycles. The molecule has 0 bridgehead atoms. The Bertz CT molecular complexity index is 1210. The maximum Gasteiger partial charge on any atom is 0.246 e. The Balaban J connectivity index is 1.52. The summed E-state index contributed by atoms with van der Waals surface area (Å²) in [6.07, 6.45) is 2.97. The van der Waals surface area contributed by atoms with Gasteiger partial charge in [-0.25, -0.2) is 8.42 Å². The van der Waals surface area contributed by atoms with Gasteiger partial charge in [0.2, 0.25) is 15.9 Å². The lowest BCUT2D eigenvalue weighted by atomic mass is 9.98. The van der Waals surface area contributed by atoms with Crippen molar-refractivity contribution in [2.75, 3.05) is 25.0 Å². The molecule has 1 saturated heterocycles. The molecule has 1 aliphatic heterocycles. The average molecular weight is 480 g/mol. The van der Waals surface area contributed by atoms with E-state index >= 15 is 0 Å². The summed E-state index contributed by atoms with van der Waals surface area (Å²) < 4.78 is 38.7. The van der Waals surface area contributed by atoms with Gasteiger partial charge >= 0.3 is 0 Å². The summed E-state index contributed by atoms with van der Waals surface area (Å²) in [5.74, 6) is -0.385. The van der Waals surface area contributed by atoms with E-state index in [9.17, 15) is 13.2 Å². The molecule has 1 aliphatic rings. The Morgan fingerprint density at radius 2 is 2.16 bits per heavy atom. The molecule has 4 rings (SSSR count). The van der Waals surface area contributed by atoms with Gasteiger partial charge in [0.1, 0.15) is 10.6 Å². The number of anilines is 1.